The lowest BCUT2D eigenvalue weighted by atomic mass is 9.95. The Kier molecular flexibility index (Phi) is 17.3. The molecule has 2 saturated heterocycles. The smallest absolute Gasteiger partial charge is 0.253 e. The van der Waals surface area contributed by atoms with Crippen LogP contribution in [0.15, 0.2) is 73.0 Å². The van der Waals surface area contributed by atoms with Gasteiger partial charge in [0.05, 0.1) is 44.2 Å². The van der Waals surface area contributed by atoms with Gasteiger partial charge in [-0.1, -0.05) is 72.3 Å². The molecule has 3 aromatic rings. The molecule has 5 rings (SSSR count). The molecular weight excluding hydrogens is 872 g/mol. The van der Waals surface area contributed by atoms with E-state index in [2.05, 4.69) is 36.9 Å². The number of nitrogens with zero attached hydrogens (tertiary/aromatic N) is 1. The molecule has 9 atom stereocenters. The molecule has 350 valence electrons. The Morgan fingerprint density at radius 1 is 0.908 bits per heavy atom. The number of methoxy groups -OCH3 is 1. The number of β-amino-alcohol motifs (C(OH)–C–C–N with tert-alkyl or cyclic N) is 1. The highest BCUT2D eigenvalue weighted by molar-refractivity contribution is 6.31. The summed E-state index contributed by atoms with van der Waals surface area (Å²) in [6.45, 7) is -1.84. The number of benzene rings is 2. The highest BCUT2D eigenvalue weighted by Gasteiger charge is 2.55. The van der Waals surface area contributed by atoms with E-state index in [4.69, 9.17) is 16.3 Å². The molecule has 22 heteroatoms. The molecule has 0 aliphatic carbocycles. The van der Waals surface area contributed by atoms with Gasteiger partial charge in [0.25, 0.3) is 11.8 Å². The number of aromatic amines is 1. The summed E-state index contributed by atoms with van der Waals surface area (Å²) in [6, 6.07) is 9.14. The molecule has 7 amide bonds. The first kappa shape index (κ1) is 49.8. The largest absolute Gasteiger partial charge is 0.391 e. The van der Waals surface area contributed by atoms with Gasteiger partial charge < -0.3 is 72.1 Å². The van der Waals surface area contributed by atoms with Crippen molar-refractivity contribution in [3.8, 4) is 0 Å². The van der Waals surface area contributed by atoms with E-state index < -0.39 is 128 Å². The van der Waals surface area contributed by atoms with E-state index in [1.165, 1.54) is 13.1 Å². The molecule has 2 aliphatic heterocycles. The fourth-order valence-corrected chi connectivity index (χ4v) is 7.47. The molecule has 21 nitrogen and oxygen atoms in total. The maximum absolute atomic E-state index is 13.8. The van der Waals surface area contributed by atoms with Crippen LogP contribution < -0.4 is 31.9 Å². The highest BCUT2D eigenvalue weighted by atomic mass is 35.5. The summed E-state index contributed by atoms with van der Waals surface area (Å²) in [5.74, 6) is -6.83. The third-order valence-electron chi connectivity index (χ3n) is 10.8. The van der Waals surface area contributed by atoms with Crippen molar-refractivity contribution in [1.29, 1.82) is 0 Å². The summed E-state index contributed by atoms with van der Waals surface area (Å²) in [5.41, 5.74) is -0.495. The number of nitrogens with one attached hydrogen (secondary N) is 7. The topological polar surface area (TPSA) is 321 Å². The molecular formula is C43H53ClN8O13. The van der Waals surface area contributed by atoms with E-state index >= 15 is 0 Å². The van der Waals surface area contributed by atoms with Gasteiger partial charge in [-0.15, -0.1) is 0 Å². The van der Waals surface area contributed by atoms with Crippen LogP contribution in [0.1, 0.15) is 30.4 Å². The lowest BCUT2D eigenvalue weighted by Gasteiger charge is -2.34. The van der Waals surface area contributed by atoms with Gasteiger partial charge in [0.15, 0.2) is 17.9 Å². The van der Waals surface area contributed by atoms with Gasteiger partial charge in [0.1, 0.15) is 18.2 Å². The summed E-state index contributed by atoms with van der Waals surface area (Å²) in [6.07, 6.45) is -3.41. The van der Waals surface area contributed by atoms with Gasteiger partial charge in [-0.3, -0.25) is 33.6 Å². The average molecular weight is 925 g/mol. The number of amides is 7. The third kappa shape index (κ3) is 13.4. The van der Waals surface area contributed by atoms with Gasteiger partial charge in [-0.05, 0) is 29.7 Å². The fraction of sp³-hybridized carbons (Fsp3) is 0.419. The second-order valence-electron chi connectivity index (χ2n) is 15.7. The molecule has 0 bridgehead atoms. The maximum Gasteiger partial charge on any atom is 0.253 e. The molecule has 2 fully saturated rings. The zero-order valence-electron chi connectivity index (χ0n) is 35.4. The number of halogens is 1. The number of likely N-dealkylation sites (N-methyl/N-ethyl adjacent to an activating group) is 1. The SMILES string of the molecule is COC1C(=O)N[C@@]2(O)CC(=O)N(C)CC(=O)N[C@H](Cc3c[nH]c4cc(Cl)ccc34)C(=O)NCC(=O)NC[C@H](O)CC(=O)N[C@H]([C@H](O)[C@@H](O)C/C=C/C=C/c3ccccc3)[C@H](O)C(=O)N[C@H]12. The number of ether oxygens (including phenoxy) is 1. The van der Waals surface area contributed by atoms with Crippen molar-refractivity contribution in [2.75, 3.05) is 33.8 Å². The number of carbonyl (C=O) groups is 7. The zero-order chi connectivity index (χ0) is 47.4. The predicted octanol–water partition coefficient (Wildman–Crippen LogP) is -2.76. The molecule has 12 N–H and O–H groups in total. The number of allylic oxidation sites excluding steroid dienone is 2. The van der Waals surface area contributed by atoms with E-state index in [-0.39, 0.29) is 12.8 Å². The van der Waals surface area contributed by atoms with Crippen LogP contribution in [0, 0.1) is 0 Å². The summed E-state index contributed by atoms with van der Waals surface area (Å²) in [4.78, 5) is 97.2. The first-order valence-corrected chi connectivity index (χ1v) is 20.9. The molecule has 0 saturated carbocycles. The Balaban J connectivity index is 1.39. The van der Waals surface area contributed by atoms with Crippen LogP contribution in [0.3, 0.4) is 0 Å². The van der Waals surface area contributed by atoms with Crippen LogP contribution in [0.4, 0.5) is 0 Å². The van der Waals surface area contributed by atoms with Crippen molar-refractivity contribution in [2.45, 2.75) is 80.1 Å². The molecule has 2 aliphatic rings. The fourth-order valence-electron chi connectivity index (χ4n) is 7.30. The number of hydrogen-bond acceptors (Lipinski definition) is 13. The summed E-state index contributed by atoms with van der Waals surface area (Å²) in [7, 11) is 2.26. The monoisotopic (exact) mass is 924 g/mol. The summed E-state index contributed by atoms with van der Waals surface area (Å²) < 4.78 is 5.22. The quantitative estimate of drug-likeness (QED) is 0.0970. The summed E-state index contributed by atoms with van der Waals surface area (Å²) >= 11 is 6.12. The number of aromatic nitrogens is 1. The Labute approximate surface area is 377 Å². The molecule has 3 heterocycles. The van der Waals surface area contributed by atoms with Crippen molar-refractivity contribution in [1.82, 2.24) is 41.8 Å². The summed E-state index contributed by atoms with van der Waals surface area (Å²) in [5, 5.41) is 71.1. The second-order valence-corrected chi connectivity index (χ2v) is 16.2. The van der Waals surface area contributed by atoms with E-state index in [1.54, 1.807) is 42.6 Å². The number of aliphatic hydroxyl groups is 5. The third-order valence-corrected chi connectivity index (χ3v) is 11.0. The Bertz CT molecular complexity index is 2280. The molecule has 0 spiro atoms. The van der Waals surface area contributed by atoms with Crippen LogP contribution >= 0.6 is 11.6 Å². The molecule has 0 radical (unpaired) electrons. The van der Waals surface area contributed by atoms with Gasteiger partial charge in [0, 0.05) is 49.2 Å². The first-order valence-electron chi connectivity index (χ1n) is 20.5. The lowest BCUT2D eigenvalue weighted by molar-refractivity contribution is -0.146. The van der Waals surface area contributed by atoms with Crippen molar-refractivity contribution in [3.05, 3.63) is 89.1 Å². The van der Waals surface area contributed by atoms with E-state index in [0.717, 1.165) is 17.6 Å². The molecule has 2 aromatic carbocycles. The van der Waals surface area contributed by atoms with Crippen molar-refractivity contribution >= 4 is 69.9 Å². The number of carbonyl (C=O) groups excluding carboxylic acids is 7. The van der Waals surface area contributed by atoms with Crippen LogP contribution in [0.25, 0.3) is 17.0 Å². The van der Waals surface area contributed by atoms with Crippen molar-refractivity contribution in [2.24, 2.45) is 0 Å². The van der Waals surface area contributed by atoms with E-state index in [0.29, 0.717) is 21.5 Å². The van der Waals surface area contributed by atoms with Crippen LogP contribution in [-0.2, 0) is 44.7 Å². The normalized spacial score (nSPS) is 27.1. The predicted molar refractivity (Wildman–Crippen MR) is 233 cm³/mol. The lowest BCUT2D eigenvalue weighted by Crippen LogP contribution is -2.64. The standard InChI is InChI=1S/C43H53ClN8O13/c1-52-22-33(57)48-29(15-24-19-45-28-16-25(44)13-14-27(24)28)40(61)47-21-32(56)46-20-26(53)17-31(55)49-35(36(59)30(54)12-8-4-7-11-23-9-5-3-6-10-23)37(60)41(62)50-39-38(65-2)42(63)51-43(39,64)18-34(52)58/h3-11,13-14,16,19,26,29-30,35-39,45,53-54,59-60,64H,12,15,17-18,20-22H2,1-2H3,(H,46,56)(H,47,61)(H,48,57)(H,49,55)(H,50,62)(H,51,63)/b8-4+,11-7+/t26-,29-,30+,35-,36-,37+,38?,39-,43-/m1/s1. The highest BCUT2D eigenvalue weighted by Crippen LogP contribution is 2.26. The zero-order valence-corrected chi connectivity index (χ0v) is 36.2. The van der Waals surface area contributed by atoms with E-state index in [1.807, 2.05) is 30.3 Å². The van der Waals surface area contributed by atoms with Crippen LogP contribution in [0.2, 0.25) is 5.02 Å². The minimum absolute atomic E-state index is 0.0980. The molecule has 1 unspecified atom stereocenters. The number of aliphatic hydroxyl groups excluding tert-OH is 4. The minimum atomic E-state index is -2.61. The van der Waals surface area contributed by atoms with Gasteiger partial charge in [0.2, 0.25) is 29.5 Å². The average Bonchev–Trinajstić information content (AvgIpc) is 3.77. The van der Waals surface area contributed by atoms with Crippen molar-refractivity contribution in [3.63, 3.8) is 0 Å². The number of rotatable bonds is 9. The van der Waals surface area contributed by atoms with Crippen LogP contribution in [-0.4, -0.2) is 165 Å². The van der Waals surface area contributed by atoms with E-state index in [9.17, 15) is 59.1 Å². The number of H-pyrrole nitrogens is 1. The first-order chi connectivity index (χ1) is 30.9. The van der Waals surface area contributed by atoms with Crippen LogP contribution in [0.5, 0.6) is 0 Å². The van der Waals surface area contributed by atoms with Crippen molar-refractivity contribution < 1.29 is 63.8 Å². The van der Waals surface area contributed by atoms with Gasteiger partial charge in [-0.25, -0.2) is 0 Å². The molecule has 65 heavy (non-hydrogen) atoms. The molecule has 1 aromatic heterocycles. The Hall–Kier alpha value is -6.20. The van der Waals surface area contributed by atoms with Gasteiger partial charge >= 0.3 is 0 Å². The van der Waals surface area contributed by atoms with Gasteiger partial charge in [-0.2, -0.15) is 0 Å². The number of fused-ring (bicyclic) bond motifs is 2. The Morgan fingerprint density at radius 2 is 1.65 bits per heavy atom. The minimum Gasteiger partial charge on any atom is -0.391 e. The Morgan fingerprint density at radius 3 is 2.37 bits per heavy atom. The second kappa shape index (κ2) is 22.6. The number of hydrogen-bond donors (Lipinski definition) is 12. The maximum atomic E-state index is 13.8.